The van der Waals surface area contributed by atoms with Crippen molar-refractivity contribution in [1.29, 1.82) is 0 Å². The van der Waals surface area contributed by atoms with E-state index >= 15 is 0 Å². The molecule has 130 valence electrons. The smallest absolute Gasteiger partial charge is 0.332 e. The molecule has 2 aromatic rings. The summed E-state index contributed by atoms with van der Waals surface area (Å²) >= 11 is 3.29. The summed E-state index contributed by atoms with van der Waals surface area (Å²) in [7, 11) is -4.81. The molecule has 0 unspecified atom stereocenters. The van der Waals surface area contributed by atoms with E-state index in [1.54, 1.807) is 13.0 Å². The quantitative estimate of drug-likeness (QED) is 0.619. The van der Waals surface area contributed by atoms with Crippen LogP contribution in [0, 0.1) is 6.92 Å². The summed E-state index contributed by atoms with van der Waals surface area (Å²) < 4.78 is 36.2. The van der Waals surface area contributed by atoms with Crippen molar-refractivity contribution in [2.45, 2.75) is 24.8 Å². The molecule has 0 aliphatic carbocycles. The van der Waals surface area contributed by atoms with E-state index < -0.39 is 15.1 Å². The van der Waals surface area contributed by atoms with Gasteiger partial charge in [0.1, 0.15) is 10.7 Å². The molecule has 1 atom stereocenters. The standard InChI is InChI=1S/C14H16BrFN4O3S/c1-8-3-4-10(5-12(8)24(16,22)23)19-14-17-6-11(15)13(20-14)18-9(2)7-21/h3-6,9,21H,7H2,1-2H3,(H2,17,18,19,20)/t9-/m1/s1. The average Bonchev–Trinajstić information content (AvgIpc) is 2.51. The second-order valence-electron chi connectivity index (χ2n) is 5.16. The summed E-state index contributed by atoms with van der Waals surface area (Å²) in [5.41, 5.74) is 0.638. The maximum atomic E-state index is 13.3. The SMILES string of the molecule is Cc1ccc(Nc2ncc(Br)c(N[C@H](C)CO)n2)cc1S(=O)(=O)F. The minimum absolute atomic E-state index is 0.0745. The Morgan fingerprint density at radius 2 is 2.12 bits per heavy atom. The lowest BCUT2D eigenvalue weighted by atomic mass is 10.2. The lowest BCUT2D eigenvalue weighted by Crippen LogP contribution is -2.20. The number of halogens is 2. The largest absolute Gasteiger partial charge is 0.394 e. The number of anilines is 3. The molecule has 7 nitrogen and oxygen atoms in total. The van der Waals surface area contributed by atoms with Gasteiger partial charge in [-0.15, -0.1) is 3.89 Å². The first kappa shape index (κ1) is 18.6. The summed E-state index contributed by atoms with van der Waals surface area (Å²) in [6.07, 6.45) is 1.50. The number of hydrogen-bond donors (Lipinski definition) is 3. The Hall–Kier alpha value is -1.78. The third kappa shape index (κ3) is 4.62. The highest BCUT2D eigenvalue weighted by Crippen LogP contribution is 2.25. The Balaban J connectivity index is 2.30. The molecule has 3 N–H and O–H groups in total. The summed E-state index contributed by atoms with van der Waals surface area (Å²) in [5.74, 6) is 0.649. The fourth-order valence-electron chi connectivity index (χ4n) is 1.88. The van der Waals surface area contributed by atoms with Crippen LogP contribution in [0.5, 0.6) is 0 Å². The van der Waals surface area contributed by atoms with E-state index in [4.69, 9.17) is 5.11 Å². The molecule has 0 amide bonds. The predicted molar refractivity (Wildman–Crippen MR) is 92.7 cm³/mol. The predicted octanol–water partition coefficient (Wildman–Crippen LogP) is 2.74. The van der Waals surface area contributed by atoms with Crippen LogP contribution in [0.1, 0.15) is 12.5 Å². The minimum atomic E-state index is -4.81. The van der Waals surface area contributed by atoms with Gasteiger partial charge in [0.05, 0.1) is 11.1 Å². The molecule has 0 bridgehead atoms. The number of nitrogens with zero attached hydrogens (tertiary/aromatic N) is 2. The summed E-state index contributed by atoms with van der Waals surface area (Å²) in [5, 5.41) is 14.9. The topological polar surface area (TPSA) is 104 Å². The zero-order chi connectivity index (χ0) is 17.9. The first-order valence-electron chi connectivity index (χ1n) is 6.93. The van der Waals surface area contributed by atoms with E-state index in [1.807, 2.05) is 0 Å². The number of aliphatic hydroxyl groups is 1. The molecule has 10 heteroatoms. The van der Waals surface area contributed by atoms with Gasteiger partial charge in [-0.3, -0.25) is 0 Å². The molecular formula is C14H16BrFN4O3S. The summed E-state index contributed by atoms with van der Waals surface area (Å²) in [6.45, 7) is 3.21. The molecule has 0 saturated heterocycles. The maximum absolute atomic E-state index is 13.3. The fourth-order valence-corrected chi connectivity index (χ4v) is 2.90. The number of aryl methyl sites for hydroxylation is 1. The highest BCUT2D eigenvalue weighted by Gasteiger charge is 2.16. The number of nitrogens with one attached hydrogen (secondary N) is 2. The van der Waals surface area contributed by atoms with Gasteiger partial charge in [0.25, 0.3) is 0 Å². The Bertz CT molecular complexity index is 848. The Morgan fingerprint density at radius 1 is 1.42 bits per heavy atom. The van der Waals surface area contributed by atoms with Gasteiger partial charge in [0.2, 0.25) is 5.95 Å². The minimum Gasteiger partial charge on any atom is -0.394 e. The van der Waals surface area contributed by atoms with Crippen LogP contribution in [0.25, 0.3) is 0 Å². The molecule has 2 rings (SSSR count). The molecule has 24 heavy (non-hydrogen) atoms. The first-order chi connectivity index (χ1) is 11.2. The molecule has 0 fully saturated rings. The van der Waals surface area contributed by atoms with E-state index in [0.717, 1.165) is 0 Å². The molecule has 0 aliphatic heterocycles. The van der Waals surface area contributed by atoms with Crippen molar-refractivity contribution >= 4 is 43.6 Å². The molecule has 0 radical (unpaired) electrons. The fraction of sp³-hybridized carbons (Fsp3) is 0.286. The molecule has 0 aliphatic rings. The van der Waals surface area contributed by atoms with Gasteiger partial charge in [-0.1, -0.05) is 6.07 Å². The third-order valence-corrected chi connectivity index (χ3v) is 4.65. The van der Waals surface area contributed by atoms with Crippen molar-refractivity contribution in [1.82, 2.24) is 9.97 Å². The van der Waals surface area contributed by atoms with E-state index in [-0.39, 0.29) is 18.6 Å². The van der Waals surface area contributed by atoms with Gasteiger partial charge in [0.15, 0.2) is 0 Å². The number of aromatic nitrogens is 2. The first-order valence-corrected chi connectivity index (χ1v) is 9.10. The summed E-state index contributed by atoms with van der Waals surface area (Å²) in [6, 6.07) is 4.05. The molecule has 1 aromatic heterocycles. The average molecular weight is 419 g/mol. The lowest BCUT2D eigenvalue weighted by Gasteiger charge is -2.14. The van der Waals surface area contributed by atoms with Crippen molar-refractivity contribution in [2.75, 3.05) is 17.2 Å². The third-order valence-electron chi connectivity index (χ3n) is 3.11. The van der Waals surface area contributed by atoms with E-state index in [9.17, 15) is 12.3 Å². The van der Waals surface area contributed by atoms with E-state index in [0.29, 0.717) is 21.5 Å². The normalized spacial score (nSPS) is 12.7. The molecule has 1 heterocycles. The Labute approximate surface area is 147 Å². The van der Waals surface area contributed by atoms with Crippen LogP contribution in [0.2, 0.25) is 0 Å². The van der Waals surface area contributed by atoms with Gasteiger partial charge in [-0.2, -0.15) is 13.4 Å². The Morgan fingerprint density at radius 3 is 2.75 bits per heavy atom. The van der Waals surface area contributed by atoms with Crippen molar-refractivity contribution in [3.05, 3.63) is 34.4 Å². The van der Waals surface area contributed by atoms with Crippen LogP contribution in [0.4, 0.5) is 21.3 Å². The number of rotatable bonds is 6. The van der Waals surface area contributed by atoms with E-state index in [2.05, 4.69) is 36.5 Å². The zero-order valence-corrected chi connectivity index (χ0v) is 15.3. The van der Waals surface area contributed by atoms with E-state index in [1.165, 1.54) is 25.3 Å². The molecular weight excluding hydrogens is 403 g/mol. The second kappa shape index (κ2) is 7.41. The molecule has 0 saturated carbocycles. The van der Waals surface area contributed by atoms with Crippen LogP contribution in [0.3, 0.4) is 0 Å². The lowest BCUT2D eigenvalue weighted by molar-refractivity contribution is 0.281. The second-order valence-corrected chi connectivity index (χ2v) is 7.33. The van der Waals surface area contributed by atoms with Crippen LogP contribution in [0.15, 0.2) is 33.8 Å². The van der Waals surface area contributed by atoms with Crippen molar-refractivity contribution in [3.8, 4) is 0 Å². The number of aliphatic hydroxyl groups excluding tert-OH is 1. The highest BCUT2D eigenvalue weighted by atomic mass is 79.9. The number of benzene rings is 1. The maximum Gasteiger partial charge on any atom is 0.332 e. The van der Waals surface area contributed by atoms with Crippen molar-refractivity contribution < 1.29 is 17.4 Å². The van der Waals surface area contributed by atoms with Crippen molar-refractivity contribution in [3.63, 3.8) is 0 Å². The zero-order valence-electron chi connectivity index (χ0n) is 12.9. The van der Waals surface area contributed by atoms with Gasteiger partial charge < -0.3 is 15.7 Å². The highest BCUT2D eigenvalue weighted by molar-refractivity contribution is 9.10. The van der Waals surface area contributed by atoms with Gasteiger partial charge >= 0.3 is 10.2 Å². The van der Waals surface area contributed by atoms with Crippen LogP contribution < -0.4 is 10.6 Å². The molecule has 1 aromatic carbocycles. The van der Waals surface area contributed by atoms with Gasteiger partial charge in [-0.05, 0) is 47.5 Å². The van der Waals surface area contributed by atoms with Crippen LogP contribution in [-0.2, 0) is 10.2 Å². The van der Waals surface area contributed by atoms with Gasteiger partial charge in [0, 0.05) is 17.9 Å². The molecule has 0 spiro atoms. The van der Waals surface area contributed by atoms with Crippen LogP contribution >= 0.6 is 15.9 Å². The summed E-state index contributed by atoms with van der Waals surface area (Å²) in [4.78, 5) is 7.90. The Kier molecular flexibility index (Phi) is 5.73. The van der Waals surface area contributed by atoms with Crippen molar-refractivity contribution in [2.24, 2.45) is 0 Å². The van der Waals surface area contributed by atoms with Gasteiger partial charge in [-0.25, -0.2) is 4.98 Å². The van der Waals surface area contributed by atoms with Crippen LogP contribution in [-0.4, -0.2) is 36.1 Å². The number of hydrogen-bond acceptors (Lipinski definition) is 7. The monoisotopic (exact) mass is 418 g/mol.